The summed E-state index contributed by atoms with van der Waals surface area (Å²) in [4.78, 5) is 0. The first-order valence-electron chi connectivity index (χ1n) is 12.0. The average molecular weight is 509 g/mol. The third-order valence-corrected chi connectivity index (χ3v) is 7.00. The Hall–Kier alpha value is -3.16. The number of hydrogen-bond acceptors (Lipinski definition) is 2. The Morgan fingerprint density at radius 3 is 2.03 bits per heavy atom. The molecule has 3 aromatic carbocycles. The van der Waals surface area contributed by atoms with E-state index in [0.29, 0.717) is 38.5 Å². The molecule has 0 heterocycles. The number of phenolic OH excluding ortho intramolecular Hbond substituents is 1. The van der Waals surface area contributed by atoms with Gasteiger partial charge in [0.25, 0.3) is 0 Å². The molecule has 0 amide bonds. The van der Waals surface area contributed by atoms with Crippen molar-refractivity contribution >= 4 is 0 Å². The lowest BCUT2D eigenvalue weighted by Crippen LogP contribution is -2.16. The van der Waals surface area contributed by atoms with Crippen molar-refractivity contribution in [3.8, 4) is 22.6 Å². The van der Waals surface area contributed by atoms with Gasteiger partial charge in [0.15, 0.2) is 34.8 Å². The molecule has 0 unspecified atom stereocenters. The van der Waals surface area contributed by atoms with Crippen LogP contribution < -0.4 is 4.74 Å². The van der Waals surface area contributed by atoms with Crippen molar-refractivity contribution in [2.45, 2.75) is 51.4 Å². The normalized spacial score (nSPS) is 17.9. The van der Waals surface area contributed by atoms with Crippen LogP contribution in [0, 0.1) is 40.8 Å². The van der Waals surface area contributed by atoms with Crippen LogP contribution in [0.15, 0.2) is 36.4 Å². The smallest absolute Gasteiger partial charge is 0.201 e. The molecule has 0 spiro atoms. The summed E-state index contributed by atoms with van der Waals surface area (Å²) in [6.07, 6.45) is 3.48. The van der Waals surface area contributed by atoms with Gasteiger partial charge in [-0.05, 0) is 86.6 Å². The lowest BCUT2D eigenvalue weighted by atomic mass is 9.76. The zero-order valence-corrected chi connectivity index (χ0v) is 19.7. The highest BCUT2D eigenvalue weighted by Crippen LogP contribution is 2.41. The van der Waals surface area contributed by atoms with Gasteiger partial charge >= 0.3 is 0 Å². The van der Waals surface area contributed by atoms with Crippen molar-refractivity contribution in [3.05, 3.63) is 82.4 Å². The minimum Gasteiger partial charge on any atom is -0.505 e. The molecule has 0 aliphatic heterocycles. The number of ether oxygens (including phenoxy) is 1. The number of rotatable bonds is 7. The Bertz CT molecular complexity index is 1250. The predicted octanol–water partition coefficient (Wildman–Crippen LogP) is 8.20. The molecule has 192 valence electrons. The molecular formula is C28H26F6O2. The van der Waals surface area contributed by atoms with Crippen molar-refractivity contribution in [2.75, 3.05) is 6.61 Å². The Labute approximate surface area is 205 Å². The molecule has 0 saturated heterocycles. The first-order chi connectivity index (χ1) is 17.2. The number of phenols is 1. The third kappa shape index (κ3) is 5.04. The molecule has 1 saturated carbocycles. The molecule has 1 fully saturated rings. The Morgan fingerprint density at radius 2 is 1.36 bits per heavy atom. The molecule has 3 aromatic rings. The second-order valence-electron chi connectivity index (χ2n) is 9.13. The molecule has 36 heavy (non-hydrogen) atoms. The van der Waals surface area contributed by atoms with Crippen LogP contribution in [0.1, 0.15) is 56.1 Å². The lowest BCUT2D eigenvalue weighted by Gasteiger charge is -2.29. The number of halogens is 6. The molecular weight excluding hydrogens is 482 g/mol. The summed E-state index contributed by atoms with van der Waals surface area (Å²) in [7, 11) is 0. The maximum Gasteiger partial charge on any atom is 0.201 e. The van der Waals surface area contributed by atoms with E-state index < -0.39 is 40.7 Å². The van der Waals surface area contributed by atoms with Gasteiger partial charge in [-0.25, -0.2) is 17.6 Å². The molecule has 4 rings (SSSR count). The largest absolute Gasteiger partial charge is 0.505 e. The fourth-order valence-corrected chi connectivity index (χ4v) is 4.99. The van der Waals surface area contributed by atoms with E-state index in [-0.39, 0.29) is 46.4 Å². The molecule has 1 aliphatic rings. The second-order valence-corrected chi connectivity index (χ2v) is 9.13. The first kappa shape index (κ1) is 25.9. The van der Waals surface area contributed by atoms with E-state index in [4.69, 9.17) is 4.74 Å². The van der Waals surface area contributed by atoms with Gasteiger partial charge in [0, 0.05) is 11.1 Å². The van der Waals surface area contributed by atoms with Crippen molar-refractivity contribution < 1.29 is 36.2 Å². The summed E-state index contributed by atoms with van der Waals surface area (Å²) in [5.41, 5.74) is -0.379. The summed E-state index contributed by atoms with van der Waals surface area (Å²) in [6, 6.07) is 7.51. The van der Waals surface area contributed by atoms with Crippen LogP contribution in [-0.4, -0.2) is 11.7 Å². The van der Waals surface area contributed by atoms with E-state index in [1.165, 1.54) is 24.3 Å². The molecule has 1 N–H and O–H groups in total. The number of aromatic hydroxyl groups is 1. The van der Waals surface area contributed by atoms with Crippen molar-refractivity contribution in [1.82, 2.24) is 0 Å². The topological polar surface area (TPSA) is 29.5 Å². The van der Waals surface area contributed by atoms with E-state index in [1.807, 2.05) is 0 Å². The standard InChI is InChI=1S/C28H26F6O2/c1-2-36-22-14-12-20(26(32)28(22)34)19-11-10-18(24(30)25(19)31)16-6-3-15(4-7-16)5-8-17-9-13-21(35)27(33)23(17)29/h9-16,35H,2-8H2,1H3. The van der Waals surface area contributed by atoms with Gasteiger partial charge in [0.1, 0.15) is 0 Å². The van der Waals surface area contributed by atoms with Crippen LogP contribution in [0.2, 0.25) is 0 Å². The summed E-state index contributed by atoms with van der Waals surface area (Å²) in [5, 5.41) is 9.25. The van der Waals surface area contributed by atoms with Crippen LogP contribution in [0.3, 0.4) is 0 Å². The number of benzene rings is 3. The highest BCUT2D eigenvalue weighted by molar-refractivity contribution is 5.66. The van der Waals surface area contributed by atoms with Crippen LogP contribution in [0.25, 0.3) is 11.1 Å². The summed E-state index contributed by atoms with van der Waals surface area (Å²) in [6.45, 7) is 1.74. The zero-order chi connectivity index (χ0) is 26.0. The molecule has 0 bridgehead atoms. The van der Waals surface area contributed by atoms with Crippen LogP contribution >= 0.6 is 0 Å². The van der Waals surface area contributed by atoms with E-state index in [1.54, 1.807) is 6.92 Å². The lowest BCUT2D eigenvalue weighted by molar-refractivity contribution is 0.303. The fraction of sp³-hybridized carbons (Fsp3) is 0.357. The van der Waals surface area contributed by atoms with Gasteiger partial charge in [0.2, 0.25) is 11.6 Å². The molecule has 0 atom stereocenters. The fourth-order valence-electron chi connectivity index (χ4n) is 4.99. The first-order valence-corrected chi connectivity index (χ1v) is 12.0. The minimum atomic E-state index is -1.31. The van der Waals surface area contributed by atoms with E-state index in [2.05, 4.69) is 0 Å². The Balaban J connectivity index is 1.44. The molecule has 1 aliphatic carbocycles. The van der Waals surface area contributed by atoms with Crippen LogP contribution in [-0.2, 0) is 6.42 Å². The van der Waals surface area contributed by atoms with Gasteiger partial charge in [0.05, 0.1) is 6.61 Å². The highest BCUT2D eigenvalue weighted by Gasteiger charge is 2.28. The van der Waals surface area contributed by atoms with E-state index in [9.17, 15) is 27.1 Å². The van der Waals surface area contributed by atoms with Gasteiger partial charge in [-0.15, -0.1) is 0 Å². The maximum absolute atomic E-state index is 15.0. The quantitative estimate of drug-likeness (QED) is 0.326. The molecule has 0 radical (unpaired) electrons. The predicted molar refractivity (Wildman–Crippen MR) is 124 cm³/mol. The van der Waals surface area contributed by atoms with Crippen LogP contribution in [0.4, 0.5) is 26.3 Å². The second kappa shape index (κ2) is 10.8. The van der Waals surface area contributed by atoms with Crippen molar-refractivity contribution in [2.24, 2.45) is 5.92 Å². The number of aryl methyl sites for hydroxylation is 1. The average Bonchev–Trinajstić information content (AvgIpc) is 2.88. The van der Waals surface area contributed by atoms with Gasteiger partial charge in [-0.1, -0.05) is 18.2 Å². The van der Waals surface area contributed by atoms with E-state index in [0.717, 1.165) is 12.1 Å². The molecule has 0 aromatic heterocycles. The minimum absolute atomic E-state index is 0.127. The summed E-state index contributed by atoms with van der Waals surface area (Å²) in [5.74, 6) is -8.24. The number of hydrogen-bond donors (Lipinski definition) is 1. The van der Waals surface area contributed by atoms with Crippen molar-refractivity contribution in [1.29, 1.82) is 0 Å². The monoisotopic (exact) mass is 508 g/mol. The van der Waals surface area contributed by atoms with Crippen LogP contribution in [0.5, 0.6) is 11.5 Å². The van der Waals surface area contributed by atoms with Gasteiger partial charge in [-0.2, -0.15) is 8.78 Å². The van der Waals surface area contributed by atoms with Gasteiger partial charge < -0.3 is 9.84 Å². The molecule has 8 heteroatoms. The highest BCUT2D eigenvalue weighted by atomic mass is 19.2. The van der Waals surface area contributed by atoms with Crippen molar-refractivity contribution in [3.63, 3.8) is 0 Å². The Kier molecular flexibility index (Phi) is 7.81. The zero-order valence-electron chi connectivity index (χ0n) is 19.7. The molecule has 2 nitrogen and oxygen atoms in total. The van der Waals surface area contributed by atoms with Gasteiger partial charge in [-0.3, -0.25) is 0 Å². The third-order valence-electron chi connectivity index (χ3n) is 7.00. The Morgan fingerprint density at radius 1 is 0.722 bits per heavy atom. The summed E-state index contributed by atoms with van der Waals surface area (Å²) < 4.78 is 91.3. The maximum atomic E-state index is 15.0. The van der Waals surface area contributed by atoms with E-state index >= 15 is 4.39 Å². The summed E-state index contributed by atoms with van der Waals surface area (Å²) >= 11 is 0. The SMILES string of the molecule is CCOc1ccc(-c2ccc(C3CCC(CCc4ccc(O)c(F)c4F)CC3)c(F)c2F)c(F)c1F.